The van der Waals surface area contributed by atoms with Gasteiger partial charge in [0.15, 0.2) is 5.76 Å². The lowest BCUT2D eigenvalue weighted by Crippen LogP contribution is -2.18. The zero-order valence-corrected chi connectivity index (χ0v) is 15.7. The quantitative estimate of drug-likeness (QED) is 0.651. The second kappa shape index (κ2) is 7.65. The second-order valence-corrected chi connectivity index (χ2v) is 7.04. The van der Waals surface area contributed by atoms with E-state index in [2.05, 4.69) is 31.3 Å². The van der Waals surface area contributed by atoms with Crippen LogP contribution in [0.1, 0.15) is 30.6 Å². The predicted molar refractivity (Wildman–Crippen MR) is 99.3 cm³/mol. The van der Waals surface area contributed by atoms with Crippen molar-refractivity contribution in [2.24, 2.45) is 5.92 Å². The fourth-order valence-corrected chi connectivity index (χ4v) is 2.59. The molecule has 0 spiro atoms. The van der Waals surface area contributed by atoms with Gasteiger partial charge in [0, 0.05) is 17.4 Å². The molecule has 1 aromatic carbocycles. The van der Waals surface area contributed by atoms with Crippen LogP contribution in [0.25, 0.3) is 11.6 Å². The highest BCUT2D eigenvalue weighted by Crippen LogP contribution is 2.20. The third-order valence-electron chi connectivity index (χ3n) is 3.53. The van der Waals surface area contributed by atoms with E-state index < -0.39 is 0 Å². The van der Waals surface area contributed by atoms with Crippen LogP contribution in [-0.4, -0.2) is 20.7 Å². The van der Waals surface area contributed by atoms with Gasteiger partial charge in [0.1, 0.15) is 0 Å². The fourth-order valence-electron chi connectivity index (χ4n) is 2.33. The van der Waals surface area contributed by atoms with E-state index in [0.717, 1.165) is 10.0 Å². The summed E-state index contributed by atoms with van der Waals surface area (Å²) in [5.74, 6) is 1.48. The number of carbonyl (C=O) groups is 1. The first kappa shape index (κ1) is 17.4. The molecular formula is C18H19BrN4O2. The smallest absolute Gasteiger partial charge is 0.250 e. The molecule has 1 N–H and O–H groups in total. The first-order chi connectivity index (χ1) is 12.0. The molecule has 0 saturated heterocycles. The van der Waals surface area contributed by atoms with E-state index in [9.17, 15) is 4.79 Å². The van der Waals surface area contributed by atoms with Crippen LogP contribution in [0, 0.1) is 5.92 Å². The standard InChI is InChI=1S/C18H19BrN4O2/c1-12(2)10-16(24)23-18(20-11-13-5-7-14(19)8-6-13)21-17(22-23)15-4-3-9-25-15/h3-9,12H,10-11H2,1-2H3,(H,20,21,22). The van der Waals surface area contributed by atoms with Crippen molar-refractivity contribution >= 4 is 27.8 Å². The van der Waals surface area contributed by atoms with Gasteiger partial charge in [-0.25, -0.2) is 0 Å². The number of nitrogens with one attached hydrogen (secondary N) is 1. The van der Waals surface area contributed by atoms with Gasteiger partial charge in [0.2, 0.25) is 17.7 Å². The molecule has 0 aliphatic carbocycles. The van der Waals surface area contributed by atoms with E-state index in [4.69, 9.17) is 4.42 Å². The minimum absolute atomic E-state index is 0.0985. The number of carbonyl (C=O) groups excluding carboxylic acids is 1. The lowest BCUT2D eigenvalue weighted by atomic mass is 10.1. The summed E-state index contributed by atoms with van der Waals surface area (Å²) in [6.07, 6.45) is 1.95. The Hall–Kier alpha value is -2.41. The van der Waals surface area contributed by atoms with Gasteiger partial charge in [-0.15, -0.1) is 5.10 Å². The Morgan fingerprint density at radius 3 is 2.68 bits per heavy atom. The summed E-state index contributed by atoms with van der Waals surface area (Å²) < 4.78 is 7.69. The van der Waals surface area contributed by atoms with Crippen molar-refractivity contribution in [3.63, 3.8) is 0 Å². The fraction of sp³-hybridized carbons (Fsp3) is 0.278. The average molecular weight is 403 g/mol. The Kier molecular flexibility index (Phi) is 5.33. The molecule has 0 saturated carbocycles. The minimum atomic E-state index is -0.0985. The van der Waals surface area contributed by atoms with Crippen molar-refractivity contribution in [3.8, 4) is 11.6 Å². The number of furan rings is 1. The van der Waals surface area contributed by atoms with Crippen LogP contribution in [0.3, 0.4) is 0 Å². The number of nitrogens with zero attached hydrogens (tertiary/aromatic N) is 3. The van der Waals surface area contributed by atoms with E-state index in [1.54, 1.807) is 18.4 Å². The number of hydrogen-bond acceptors (Lipinski definition) is 5. The lowest BCUT2D eigenvalue weighted by Gasteiger charge is -2.08. The topological polar surface area (TPSA) is 73.0 Å². The van der Waals surface area contributed by atoms with E-state index in [0.29, 0.717) is 30.5 Å². The normalized spacial score (nSPS) is 11.0. The lowest BCUT2D eigenvalue weighted by molar-refractivity contribution is 0.0873. The zero-order chi connectivity index (χ0) is 17.8. The van der Waals surface area contributed by atoms with E-state index in [1.807, 2.05) is 38.1 Å². The number of hydrogen-bond donors (Lipinski definition) is 1. The Bertz CT molecular complexity index is 839. The molecule has 0 fully saturated rings. The molecule has 3 rings (SSSR count). The molecule has 3 aromatic rings. The molecule has 0 atom stereocenters. The van der Waals surface area contributed by atoms with E-state index >= 15 is 0 Å². The summed E-state index contributed by atoms with van der Waals surface area (Å²) in [4.78, 5) is 16.9. The SMILES string of the molecule is CC(C)CC(=O)n1nc(-c2ccco2)nc1NCc1ccc(Br)cc1. The van der Waals surface area contributed by atoms with Gasteiger partial charge < -0.3 is 9.73 Å². The highest BCUT2D eigenvalue weighted by molar-refractivity contribution is 9.10. The van der Waals surface area contributed by atoms with Crippen molar-refractivity contribution in [2.75, 3.05) is 5.32 Å². The molecule has 6 nitrogen and oxygen atoms in total. The van der Waals surface area contributed by atoms with Crippen molar-refractivity contribution < 1.29 is 9.21 Å². The maximum atomic E-state index is 12.5. The molecule has 0 aliphatic rings. The van der Waals surface area contributed by atoms with Crippen molar-refractivity contribution in [1.29, 1.82) is 0 Å². The van der Waals surface area contributed by atoms with Crippen LogP contribution in [0.2, 0.25) is 0 Å². The van der Waals surface area contributed by atoms with Crippen LogP contribution in [-0.2, 0) is 6.54 Å². The third-order valence-corrected chi connectivity index (χ3v) is 4.06. The highest BCUT2D eigenvalue weighted by atomic mass is 79.9. The number of anilines is 1. The first-order valence-electron chi connectivity index (χ1n) is 8.05. The minimum Gasteiger partial charge on any atom is -0.461 e. The Balaban J connectivity index is 1.84. The molecule has 0 radical (unpaired) electrons. The maximum absolute atomic E-state index is 12.5. The molecule has 25 heavy (non-hydrogen) atoms. The van der Waals surface area contributed by atoms with E-state index in [-0.39, 0.29) is 11.8 Å². The van der Waals surface area contributed by atoms with Crippen LogP contribution in [0.15, 0.2) is 51.6 Å². The molecule has 0 aliphatic heterocycles. The Morgan fingerprint density at radius 1 is 1.28 bits per heavy atom. The van der Waals surface area contributed by atoms with Gasteiger partial charge in [0.25, 0.3) is 0 Å². The summed E-state index contributed by atoms with van der Waals surface area (Å²) in [5, 5.41) is 7.52. The van der Waals surface area contributed by atoms with E-state index in [1.165, 1.54) is 4.68 Å². The third kappa shape index (κ3) is 4.36. The largest absolute Gasteiger partial charge is 0.461 e. The summed E-state index contributed by atoms with van der Waals surface area (Å²) in [6.45, 7) is 4.53. The molecule has 7 heteroatoms. The highest BCUT2D eigenvalue weighted by Gasteiger charge is 2.19. The van der Waals surface area contributed by atoms with Gasteiger partial charge in [-0.2, -0.15) is 9.67 Å². The van der Waals surface area contributed by atoms with Gasteiger partial charge in [-0.3, -0.25) is 4.79 Å². The molecular weight excluding hydrogens is 384 g/mol. The molecule has 0 amide bonds. The van der Waals surface area contributed by atoms with Gasteiger partial charge in [0.05, 0.1) is 6.26 Å². The van der Waals surface area contributed by atoms with Crippen LogP contribution >= 0.6 is 15.9 Å². The summed E-state index contributed by atoms with van der Waals surface area (Å²) in [5.41, 5.74) is 1.08. The second-order valence-electron chi connectivity index (χ2n) is 6.12. The Morgan fingerprint density at radius 2 is 2.04 bits per heavy atom. The summed E-state index contributed by atoms with van der Waals surface area (Å²) in [6, 6.07) is 11.5. The predicted octanol–water partition coefficient (Wildman–Crippen LogP) is 4.60. The monoisotopic (exact) mass is 402 g/mol. The number of rotatable bonds is 6. The van der Waals surface area contributed by atoms with Crippen molar-refractivity contribution in [3.05, 3.63) is 52.7 Å². The van der Waals surface area contributed by atoms with Gasteiger partial charge in [-0.05, 0) is 35.7 Å². The molecule has 2 aromatic heterocycles. The number of aromatic nitrogens is 3. The first-order valence-corrected chi connectivity index (χ1v) is 8.84. The number of halogens is 1. The van der Waals surface area contributed by atoms with Crippen LogP contribution in [0.5, 0.6) is 0 Å². The van der Waals surface area contributed by atoms with Crippen molar-refractivity contribution in [1.82, 2.24) is 14.8 Å². The van der Waals surface area contributed by atoms with Gasteiger partial charge in [-0.1, -0.05) is 41.9 Å². The van der Waals surface area contributed by atoms with Crippen LogP contribution < -0.4 is 5.32 Å². The zero-order valence-electron chi connectivity index (χ0n) is 14.1. The summed E-state index contributed by atoms with van der Waals surface area (Å²) >= 11 is 3.42. The Labute approximate surface area is 154 Å². The van der Waals surface area contributed by atoms with Gasteiger partial charge >= 0.3 is 0 Å². The number of benzene rings is 1. The van der Waals surface area contributed by atoms with Crippen LogP contribution in [0.4, 0.5) is 5.95 Å². The molecule has 130 valence electrons. The molecule has 0 unspecified atom stereocenters. The maximum Gasteiger partial charge on any atom is 0.250 e. The molecule has 0 bridgehead atoms. The summed E-state index contributed by atoms with van der Waals surface area (Å²) in [7, 11) is 0. The molecule has 2 heterocycles. The van der Waals surface area contributed by atoms with Crippen molar-refractivity contribution in [2.45, 2.75) is 26.8 Å². The average Bonchev–Trinajstić information content (AvgIpc) is 3.23.